The van der Waals surface area contributed by atoms with Gasteiger partial charge in [0.25, 0.3) is 0 Å². The highest BCUT2D eigenvalue weighted by molar-refractivity contribution is 6.83. The first kappa shape index (κ1) is 20.0. The van der Waals surface area contributed by atoms with Gasteiger partial charge in [-0.1, -0.05) is 43.2 Å². The number of halogens is 5. The minimum Gasteiger partial charge on any atom is -0.641 e. The molecule has 0 aliphatic heterocycles. The van der Waals surface area contributed by atoms with E-state index in [9.17, 15) is 0 Å². The molecule has 0 bridgehead atoms. The van der Waals surface area contributed by atoms with Gasteiger partial charge in [-0.3, -0.25) is 0 Å². The SMILES string of the molecule is CC(C)[CH2][Al]([O]c1ccccc1)[C](Cl)(Cl)C(C)(Cl)C(Cl)Cl. The second-order valence-corrected chi connectivity index (χ2v) is 12.1. The quantitative estimate of drug-likeness (QED) is 0.385. The molecule has 0 aliphatic carbocycles. The molecular formula is C14H18AlCl5O. The highest BCUT2D eigenvalue weighted by atomic mass is 35.5. The number of rotatable bonds is 7. The van der Waals surface area contributed by atoms with E-state index in [4.69, 9.17) is 61.8 Å². The molecule has 0 aliphatic rings. The molecular weight excluding hydrogens is 388 g/mol. The van der Waals surface area contributed by atoms with E-state index in [0.29, 0.717) is 5.92 Å². The van der Waals surface area contributed by atoms with E-state index in [2.05, 4.69) is 13.8 Å². The molecule has 1 aromatic rings. The molecule has 0 amide bonds. The zero-order valence-electron chi connectivity index (χ0n) is 12.1. The monoisotopic (exact) mass is 404 g/mol. The summed E-state index contributed by atoms with van der Waals surface area (Å²) in [6, 6.07) is 9.45. The van der Waals surface area contributed by atoms with Gasteiger partial charge in [0, 0.05) is 0 Å². The maximum atomic E-state index is 6.58. The normalized spacial score (nSPS) is 15.1. The highest BCUT2D eigenvalue weighted by Crippen LogP contribution is 2.48. The molecule has 0 spiro atoms. The average molecular weight is 407 g/mol. The second-order valence-electron chi connectivity index (χ2n) is 5.55. The van der Waals surface area contributed by atoms with Crippen LogP contribution < -0.4 is 3.79 Å². The molecule has 1 nitrogen and oxygen atoms in total. The summed E-state index contributed by atoms with van der Waals surface area (Å²) in [4.78, 5) is -2.10. The van der Waals surface area contributed by atoms with Crippen LogP contribution in [0.25, 0.3) is 0 Å². The molecule has 0 heterocycles. The molecule has 0 radical (unpaired) electrons. The van der Waals surface area contributed by atoms with Gasteiger partial charge in [-0.2, -0.15) is 0 Å². The van der Waals surface area contributed by atoms with Crippen molar-refractivity contribution in [3.05, 3.63) is 30.3 Å². The summed E-state index contributed by atoms with van der Waals surface area (Å²) in [6.45, 7) is 5.82. The van der Waals surface area contributed by atoms with Crippen molar-refractivity contribution in [2.45, 2.75) is 39.0 Å². The molecule has 0 saturated carbocycles. The van der Waals surface area contributed by atoms with Crippen molar-refractivity contribution < 1.29 is 3.79 Å². The Kier molecular flexibility index (Phi) is 7.83. The third-order valence-electron chi connectivity index (χ3n) is 3.17. The van der Waals surface area contributed by atoms with Crippen LogP contribution >= 0.6 is 58.0 Å². The molecule has 1 rings (SSSR count). The predicted molar refractivity (Wildman–Crippen MR) is 96.7 cm³/mol. The number of alkyl halides is 5. The van der Waals surface area contributed by atoms with E-state index in [0.717, 1.165) is 11.0 Å². The first-order valence-electron chi connectivity index (χ1n) is 6.65. The Hall–Kier alpha value is 1.00. The lowest BCUT2D eigenvalue weighted by Crippen LogP contribution is -2.57. The zero-order chi connectivity index (χ0) is 16.3. The molecule has 0 aromatic heterocycles. The summed E-state index contributed by atoms with van der Waals surface area (Å²) in [7, 11) is 0. The molecule has 0 fully saturated rings. The minimum atomic E-state index is -2.18. The van der Waals surface area contributed by atoms with E-state index in [1.165, 1.54) is 0 Å². The Morgan fingerprint density at radius 1 is 1.10 bits per heavy atom. The minimum absolute atomic E-state index is 0.374. The van der Waals surface area contributed by atoms with E-state index in [1.807, 2.05) is 30.3 Å². The molecule has 0 N–H and O–H groups in total. The lowest BCUT2D eigenvalue weighted by molar-refractivity contribution is 0.511. The van der Waals surface area contributed by atoms with Gasteiger partial charge in [-0.25, -0.2) is 0 Å². The van der Waals surface area contributed by atoms with Crippen LogP contribution in [0.15, 0.2) is 30.3 Å². The third kappa shape index (κ3) is 5.25. The Bertz CT molecular complexity index is 436. The van der Waals surface area contributed by atoms with Crippen LogP contribution in [0.4, 0.5) is 0 Å². The summed E-state index contributed by atoms with van der Waals surface area (Å²) in [5.41, 5.74) is 0. The van der Waals surface area contributed by atoms with Gasteiger partial charge in [0.05, 0.1) is 10.6 Å². The van der Waals surface area contributed by atoms with Gasteiger partial charge in [0.15, 0.2) is 0 Å². The van der Waals surface area contributed by atoms with Crippen molar-refractivity contribution in [1.29, 1.82) is 0 Å². The van der Waals surface area contributed by atoms with Gasteiger partial charge in [0.2, 0.25) is 0 Å². The van der Waals surface area contributed by atoms with E-state index >= 15 is 0 Å². The summed E-state index contributed by atoms with van der Waals surface area (Å²) >= 11 is 29.4. The maximum absolute atomic E-state index is 6.58. The molecule has 21 heavy (non-hydrogen) atoms. The molecule has 1 unspecified atom stereocenters. The van der Waals surface area contributed by atoms with Crippen molar-refractivity contribution in [1.82, 2.24) is 0 Å². The number of benzene rings is 1. The first-order valence-corrected chi connectivity index (χ1v) is 10.5. The van der Waals surface area contributed by atoms with E-state index in [1.54, 1.807) is 6.92 Å². The summed E-state index contributed by atoms with van der Waals surface area (Å²) in [5, 5.41) is 0.755. The summed E-state index contributed by atoms with van der Waals surface area (Å²) in [6.07, 6.45) is 0. The fourth-order valence-corrected chi connectivity index (χ4v) is 6.66. The zero-order valence-corrected chi connectivity index (χ0v) is 17.1. The number of hydrogen-bond acceptors (Lipinski definition) is 1. The van der Waals surface area contributed by atoms with Crippen molar-refractivity contribution in [3.63, 3.8) is 0 Å². The average Bonchev–Trinajstić information content (AvgIpc) is 2.38. The molecule has 1 aromatic carbocycles. The Morgan fingerprint density at radius 2 is 1.62 bits per heavy atom. The van der Waals surface area contributed by atoms with Crippen molar-refractivity contribution >= 4 is 72.5 Å². The fraction of sp³-hybridized carbons (Fsp3) is 0.571. The predicted octanol–water partition coefficient (Wildman–Crippen LogP) is 6.23. The first-order chi connectivity index (χ1) is 9.59. The number of para-hydroxylation sites is 1. The van der Waals surface area contributed by atoms with Crippen molar-refractivity contribution in [2.24, 2.45) is 5.92 Å². The van der Waals surface area contributed by atoms with E-state index < -0.39 is 27.4 Å². The van der Waals surface area contributed by atoms with Crippen LogP contribution in [-0.2, 0) is 0 Å². The van der Waals surface area contributed by atoms with Crippen LogP contribution in [0.5, 0.6) is 5.75 Å². The van der Waals surface area contributed by atoms with Crippen molar-refractivity contribution in [2.75, 3.05) is 0 Å². The van der Waals surface area contributed by atoms with Crippen LogP contribution in [0.1, 0.15) is 20.8 Å². The Labute approximate surface area is 156 Å². The van der Waals surface area contributed by atoms with E-state index in [-0.39, 0.29) is 0 Å². The highest BCUT2D eigenvalue weighted by Gasteiger charge is 2.60. The Balaban J connectivity index is 3.06. The smallest absolute Gasteiger partial charge is 0.589 e. The van der Waals surface area contributed by atoms with Crippen LogP contribution in [0.2, 0.25) is 5.28 Å². The van der Waals surface area contributed by atoms with Gasteiger partial charge < -0.3 is 3.79 Å². The summed E-state index contributed by atoms with van der Waals surface area (Å²) < 4.78 is 4.78. The second kappa shape index (κ2) is 8.20. The largest absolute Gasteiger partial charge is 0.641 e. The van der Waals surface area contributed by atoms with Gasteiger partial charge >= 0.3 is 14.5 Å². The van der Waals surface area contributed by atoms with Gasteiger partial charge in [-0.05, 0) is 19.1 Å². The lowest BCUT2D eigenvalue weighted by atomic mass is 10.2. The topological polar surface area (TPSA) is 9.23 Å². The lowest BCUT2D eigenvalue weighted by Gasteiger charge is -2.39. The van der Waals surface area contributed by atoms with Crippen LogP contribution in [0.3, 0.4) is 0 Å². The number of hydrogen-bond donors (Lipinski definition) is 0. The molecule has 0 saturated heterocycles. The standard InChI is InChI=1S/C6H6O.C4H4Cl5.C4H9.Al/c7-6-4-2-1-3-5-6;1-4(9,2(5)6)3(7)8;1-4(2)3;/h1-5,7H;2H,1H3;4H,1H2,2-3H3;/q;;;+1/p-1. The Morgan fingerprint density at radius 3 is 2.05 bits per heavy atom. The van der Waals surface area contributed by atoms with Crippen molar-refractivity contribution in [3.8, 4) is 5.75 Å². The van der Waals surface area contributed by atoms with Gasteiger partial charge in [-0.15, -0.1) is 58.0 Å². The molecule has 7 heteroatoms. The molecule has 118 valence electrons. The maximum Gasteiger partial charge on any atom is 0.589 e. The van der Waals surface area contributed by atoms with Crippen LogP contribution in [0, 0.1) is 5.92 Å². The third-order valence-corrected chi connectivity index (χ3v) is 10.7. The van der Waals surface area contributed by atoms with Gasteiger partial charge in [0.1, 0.15) is 8.03 Å². The van der Waals surface area contributed by atoms with Crippen LogP contribution in [-0.4, -0.2) is 27.4 Å². The molecule has 1 atom stereocenters. The summed E-state index contributed by atoms with van der Waals surface area (Å²) in [5.74, 6) is 1.10. The fourth-order valence-electron chi connectivity index (χ4n) is 1.82.